The van der Waals surface area contributed by atoms with Crippen LogP contribution in [0.1, 0.15) is 30.4 Å². The highest BCUT2D eigenvalue weighted by molar-refractivity contribution is 5.15. The number of aryl methyl sites for hydroxylation is 1. The molecular weight excluding hydrogens is 282 g/mol. The van der Waals surface area contributed by atoms with Gasteiger partial charge in [0.1, 0.15) is 0 Å². The Balaban J connectivity index is 1.42. The number of aliphatic hydroxyl groups excluding tert-OH is 1. The molecule has 2 atom stereocenters. The molecule has 0 saturated carbocycles. The Morgan fingerprint density at radius 1 is 0.913 bits per heavy atom. The van der Waals surface area contributed by atoms with Gasteiger partial charge in [-0.2, -0.15) is 0 Å². The Labute approximate surface area is 139 Å². The average molecular weight is 309 g/mol. The predicted molar refractivity (Wildman–Crippen MR) is 95.2 cm³/mol. The van der Waals surface area contributed by atoms with Gasteiger partial charge in [-0.05, 0) is 49.3 Å². The van der Waals surface area contributed by atoms with Gasteiger partial charge >= 0.3 is 0 Å². The zero-order valence-corrected chi connectivity index (χ0v) is 13.8. The second kappa shape index (κ2) is 8.28. The van der Waals surface area contributed by atoms with Gasteiger partial charge in [0.15, 0.2) is 0 Å². The molecular formula is C21H27NO. The van der Waals surface area contributed by atoms with E-state index in [1.807, 2.05) is 0 Å². The number of likely N-dealkylation sites (tertiary alicyclic amines) is 1. The van der Waals surface area contributed by atoms with Crippen molar-refractivity contribution in [2.75, 3.05) is 13.1 Å². The maximum absolute atomic E-state index is 10.5. The van der Waals surface area contributed by atoms with Crippen LogP contribution in [0.15, 0.2) is 60.7 Å². The van der Waals surface area contributed by atoms with E-state index >= 15 is 0 Å². The molecule has 0 radical (unpaired) electrons. The lowest BCUT2D eigenvalue weighted by atomic mass is 9.88. The van der Waals surface area contributed by atoms with Crippen molar-refractivity contribution >= 4 is 0 Å². The third-order valence-electron chi connectivity index (χ3n) is 4.94. The molecule has 0 aromatic heterocycles. The Morgan fingerprint density at radius 2 is 1.57 bits per heavy atom. The van der Waals surface area contributed by atoms with Crippen LogP contribution in [-0.4, -0.2) is 29.2 Å². The van der Waals surface area contributed by atoms with Crippen molar-refractivity contribution in [3.8, 4) is 0 Å². The zero-order chi connectivity index (χ0) is 15.9. The lowest BCUT2D eigenvalue weighted by Crippen LogP contribution is -2.43. The van der Waals surface area contributed by atoms with Crippen molar-refractivity contribution in [3.05, 3.63) is 71.8 Å². The maximum atomic E-state index is 10.5. The first kappa shape index (κ1) is 16.2. The van der Waals surface area contributed by atoms with Crippen molar-refractivity contribution in [1.29, 1.82) is 0 Å². The molecule has 3 rings (SSSR count). The topological polar surface area (TPSA) is 23.5 Å². The van der Waals surface area contributed by atoms with Crippen molar-refractivity contribution in [3.63, 3.8) is 0 Å². The summed E-state index contributed by atoms with van der Waals surface area (Å²) in [5.41, 5.74) is 2.74. The van der Waals surface area contributed by atoms with Gasteiger partial charge < -0.3 is 5.11 Å². The quantitative estimate of drug-likeness (QED) is 0.875. The molecule has 0 amide bonds. The van der Waals surface area contributed by atoms with Gasteiger partial charge in [0.25, 0.3) is 0 Å². The standard InChI is InChI=1S/C21H27NO/c23-21-17-22(16-19-10-5-2-6-11-19)15-14-20(21)13-7-12-18-8-3-1-4-9-18/h1-6,8-11,20-21,23H,7,12-17H2/t20-,21-/m1/s1. The van der Waals surface area contributed by atoms with Gasteiger partial charge in [0.05, 0.1) is 6.10 Å². The van der Waals surface area contributed by atoms with E-state index < -0.39 is 0 Å². The molecule has 1 saturated heterocycles. The van der Waals surface area contributed by atoms with E-state index in [1.165, 1.54) is 17.5 Å². The molecule has 1 N–H and O–H groups in total. The maximum Gasteiger partial charge on any atom is 0.0695 e. The van der Waals surface area contributed by atoms with Crippen molar-refractivity contribution in [2.24, 2.45) is 5.92 Å². The Hall–Kier alpha value is -1.64. The summed E-state index contributed by atoms with van der Waals surface area (Å²) in [7, 11) is 0. The monoisotopic (exact) mass is 309 g/mol. The first-order chi connectivity index (χ1) is 11.3. The van der Waals surface area contributed by atoms with Crippen molar-refractivity contribution in [1.82, 2.24) is 4.90 Å². The minimum Gasteiger partial charge on any atom is -0.392 e. The Kier molecular flexibility index (Phi) is 5.84. The van der Waals surface area contributed by atoms with Gasteiger partial charge in [0, 0.05) is 13.1 Å². The highest BCUT2D eigenvalue weighted by Crippen LogP contribution is 2.24. The third kappa shape index (κ3) is 4.92. The number of hydrogen-bond acceptors (Lipinski definition) is 2. The summed E-state index contributed by atoms with van der Waals surface area (Å²) in [5, 5.41) is 10.5. The number of β-amino-alcohol motifs (C(OH)–C–C–N with tert-alkyl or cyclic N) is 1. The van der Waals surface area contributed by atoms with Gasteiger partial charge in [-0.1, -0.05) is 60.7 Å². The molecule has 122 valence electrons. The highest BCUT2D eigenvalue weighted by atomic mass is 16.3. The molecule has 0 aliphatic carbocycles. The van der Waals surface area contributed by atoms with Crippen LogP contribution < -0.4 is 0 Å². The molecule has 1 aliphatic rings. The van der Waals surface area contributed by atoms with Crippen LogP contribution in [-0.2, 0) is 13.0 Å². The molecule has 23 heavy (non-hydrogen) atoms. The van der Waals surface area contributed by atoms with E-state index in [4.69, 9.17) is 0 Å². The van der Waals surface area contributed by atoms with Crippen LogP contribution in [0.5, 0.6) is 0 Å². The molecule has 1 heterocycles. The van der Waals surface area contributed by atoms with Crippen molar-refractivity contribution < 1.29 is 5.11 Å². The summed E-state index contributed by atoms with van der Waals surface area (Å²) in [4.78, 5) is 2.38. The predicted octanol–water partition coefficient (Wildman–Crippen LogP) is 3.89. The zero-order valence-electron chi connectivity index (χ0n) is 13.8. The van der Waals surface area contributed by atoms with Crippen LogP contribution in [0.25, 0.3) is 0 Å². The molecule has 2 aromatic rings. The van der Waals surface area contributed by atoms with E-state index in [1.54, 1.807) is 0 Å². The molecule has 2 aromatic carbocycles. The van der Waals surface area contributed by atoms with Gasteiger partial charge in [-0.25, -0.2) is 0 Å². The van der Waals surface area contributed by atoms with Crippen LogP contribution in [0.3, 0.4) is 0 Å². The second-order valence-electron chi connectivity index (χ2n) is 6.71. The summed E-state index contributed by atoms with van der Waals surface area (Å²) < 4.78 is 0. The summed E-state index contributed by atoms with van der Waals surface area (Å²) in [6, 6.07) is 21.2. The van der Waals surface area contributed by atoms with Gasteiger partial charge in [-0.3, -0.25) is 4.90 Å². The summed E-state index contributed by atoms with van der Waals surface area (Å²) in [5.74, 6) is 0.464. The first-order valence-corrected chi connectivity index (χ1v) is 8.79. The fraction of sp³-hybridized carbons (Fsp3) is 0.429. The number of aliphatic hydroxyl groups is 1. The van der Waals surface area contributed by atoms with E-state index in [-0.39, 0.29) is 6.10 Å². The minimum absolute atomic E-state index is 0.178. The van der Waals surface area contributed by atoms with Crippen molar-refractivity contribution in [2.45, 2.75) is 38.3 Å². The fourth-order valence-corrected chi connectivity index (χ4v) is 3.58. The van der Waals surface area contributed by atoms with Gasteiger partial charge in [-0.15, -0.1) is 0 Å². The summed E-state index contributed by atoms with van der Waals surface area (Å²) >= 11 is 0. The molecule has 1 aliphatic heterocycles. The van der Waals surface area contributed by atoms with E-state index in [2.05, 4.69) is 65.6 Å². The van der Waals surface area contributed by atoms with Crippen LogP contribution in [0.4, 0.5) is 0 Å². The first-order valence-electron chi connectivity index (χ1n) is 8.79. The number of rotatable bonds is 6. The summed E-state index contributed by atoms with van der Waals surface area (Å²) in [6.45, 7) is 2.86. The van der Waals surface area contributed by atoms with Crippen LogP contribution in [0, 0.1) is 5.92 Å². The lowest BCUT2D eigenvalue weighted by Gasteiger charge is -2.36. The largest absolute Gasteiger partial charge is 0.392 e. The van der Waals surface area contributed by atoms with E-state index in [0.717, 1.165) is 38.9 Å². The second-order valence-corrected chi connectivity index (χ2v) is 6.71. The minimum atomic E-state index is -0.178. The smallest absolute Gasteiger partial charge is 0.0695 e. The molecule has 0 bridgehead atoms. The van der Waals surface area contributed by atoms with E-state index in [9.17, 15) is 5.11 Å². The summed E-state index contributed by atoms with van der Waals surface area (Å²) in [6.07, 6.45) is 4.36. The Morgan fingerprint density at radius 3 is 2.22 bits per heavy atom. The third-order valence-corrected chi connectivity index (χ3v) is 4.94. The number of piperidine rings is 1. The molecule has 0 unspecified atom stereocenters. The average Bonchev–Trinajstić information content (AvgIpc) is 2.59. The number of benzene rings is 2. The fourth-order valence-electron chi connectivity index (χ4n) is 3.58. The van der Waals surface area contributed by atoms with Crippen LogP contribution in [0.2, 0.25) is 0 Å². The van der Waals surface area contributed by atoms with Crippen LogP contribution >= 0.6 is 0 Å². The molecule has 0 spiro atoms. The molecule has 2 heteroatoms. The molecule has 2 nitrogen and oxygen atoms in total. The Bertz CT molecular complexity index is 569. The lowest BCUT2D eigenvalue weighted by molar-refractivity contribution is 0.0146. The molecule has 1 fully saturated rings. The SMILES string of the molecule is O[C@@H]1CN(Cc2ccccc2)CC[C@H]1CCCc1ccccc1. The highest BCUT2D eigenvalue weighted by Gasteiger charge is 2.27. The van der Waals surface area contributed by atoms with Gasteiger partial charge in [0.2, 0.25) is 0 Å². The number of nitrogens with zero attached hydrogens (tertiary/aromatic N) is 1. The normalized spacial score (nSPS) is 22.1. The van der Waals surface area contributed by atoms with E-state index in [0.29, 0.717) is 5.92 Å². The number of hydrogen-bond donors (Lipinski definition) is 1.